The highest BCUT2D eigenvalue weighted by Gasteiger charge is 2.39. The van der Waals surface area contributed by atoms with E-state index in [1.54, 1.807) is 26.2 Å². The van der Waals surface area contributed by atoms with E-state index in [0.717, 1.165) is 11.8 Å². The van der Waals surface area contributed by atoms with Crippen LogP contribution in [-0.2, 0) is 33.4 Å². The molecule has 1 aliphatic heterocycles. The maximum absolute atomic E-state index is 13.1. The van der Waals surface area contributed by atoms with Crippen LogP contribution >= 0.6 is 23.1 Å². The van der Waals surface area contributed by atoms with Gasteiger partial charge in [-0.3, -0.25) is 14.6 Å². The number of nitrogens with zero attached hydrogens (tertiary/aromatic N) is 2. The lowest BCUT2D eigenvalue weighted by Gasteiger charge is -2.30. The normalized spacial score (nSPS) is 18.7. The Labute approximate surface area is 233 Å². The fraction of sp³-hybridized carbons (Fsp3) is 0.609. The number of thiazole rings is 1. The first-order chi connectivity index (χ1) is 18.2. The summed E-state index contributed by atoms with van der Waals surface area (Å²) in [4.78, 5) is 69.6. The number of aliphatic imine (C=N–C) groups is 1. The summed E-state index contributed by atoms with van der Waals surface area (Å²) < 4.78 is 14.8. The van der Waals surface area contributed by atoms with Crippen LogP contribution in [0.15, 0.2) is 10.4 Å². The van der Waals surface area contributed by atoms with Crippen LogP contribution in [0.4, 0.5) is 9.93 Å². The number of thioether (sulfide) groups is 1. The zero-order valence-corrected chi connectivity index (χ0v) is 23.6. The van der Waals surface area contributed by atoms with Crippen molar-refractivity contribution in [2.24, 2.45) is 22.1 Å². The Balaban J connectivity index is 2.26. The van der Waals surface area contributed by atoms with Gasteiger partial charge in [0.25, 0.3) is 0 Å². The van der Waals surface area contributed by atoms with E-state index in [-0.39, 0.29) is 23.2 Å². The number of hydrogen-bond acceptors (Lipinski definition) is 13. The number of nitrogen functional groups attached to an aromatic ring is 1. The lowest BCUT2D eigenvalue weighted by Crippen LogP contribution is -2.51. The minimum Gasteiger partial charge on any atom is -0.480 e. The minimum absolute atomic E-state index is 0.0916. The van der Waals surface area contributed by atoms with Crippen molar-refractivity contribution < 1.29 is 43.3 Å². The van der Waals surface area contributed by atoms with Crippen molar-refractivity contribution in [2.45, 2.75) is 57.9 Å². The summed E-state index contributed by atoms with van der Waals surface area (Å²) in [6, 6.07) is -1.52. The molecule has 16 heteroatoms. The number of esters is 2. The van der Waals surface area contributed by atoms with Crippen LogP contribution in [0.1, 0.15) is 52.1 Å². The summed E-state index contributed by atoms with van der Waals surface area (Å²) in [6.07, 6.45) is -0.0463. The van der Waals surface area contributed by atoms with Crippen molar-refractivity contribution in [3.05, 3.63) is 11.1 Å². The van der Waals surface area contributed by atoms with Crippen LogP contribution < -0.4 is 16.8 Å². The topological polar surface area (TPSA) is 223 Å². The van der Waals surface area contributed by atoms with Crippen LogP contribution in [0.2, 0.25) is 0 Å². The van der Waals surface area contributed by atoms with E-state index in [2.05, 4.69) is 15.3 Å². The van der Waals surface area contributed by atoms with Gasteiger partial charge in [-0.1, -0.05) is 13.3 Å². The van der Waals surface area contributed by atoms with Gasteiger partial charge in [0.15, 0.2) is 11.2 Å². The van der Waals surface area contributed by atoms with Crippen LogP contribution in [0.5, 0.6) is 0 Å². The second-order valence-corrected chi connectivity index (χ2v) is 11.6. The molecule has 0 aliphatic carbocycles. The summed E-state index contributed by atoms with van der Waals surface area (Å²) in [5.74, 6) is -5.01. The Morgan fingerprint density at radius 2 is 1.90 bits per heavy atom. The Morgan fingerprint density at radius 1 is 1.21 bits per heavy atom. The number of rotatable bonds is 12. The van der Waals surface area contributed by atoms with Gasteiger partial charge >= 0.3 is 24.0 Å². The number of hydrogen-bond donors (Lipinski definition) is 4. The van der Waals surface area contributed by atoms with E-state index >= 15 is 0 Å². The van der Waals surface area contributed by atoms with Gasteiger partial charge in [0.2, 0.25) is 12.7 Å². The van der Waals surface area contributed by atoms with Gasteiger partial charge in [-0.15, -0.1) is 23.1 Å². The second kappa shape index (κ2) is 14.1. The number of primary amides is 1. The molecule has 6 N–H and O–H groups in total. The summed E-state index contributed by atoms with van der Waals surface area (Å²) in [5.41, 5.74) is 10.1. The number of nitrogens with two attached hydrogens (primary N) is 2. The number of carboxylic acid groups (broad SMARTS) is 1. The molecule has 1 unspecified atom stereocenters. The van der Waals surface area contributed by atoms with Crippen molar-refractivity contribution in [1.29, 1.82) is 0 Å². The molecule has 0 fully saturated rings. The summed E-state index contributed by atoms with van der Waals surface area (Å²) in [6.45, 7) is 5.71. The largest absolute Gasteiger partial charge is 0.480 e. The van der Waals surface area contributed by atoms with E-state index in [9.17, 15) is 29.1 Å². The fourth-order valence-electron chi connectivity index (χ4n) is 3.37. The minimum atomic E-state index is -1.52. The Hall–Kier alpha value is -3.40. The number of carbonyl (C=O) groups is 5. The molecule has 0 spiro atoms. The molecule has 1 aromatic rings. The Kier molecular flexibility index (Phi) is 11.5. The average Bonchev–Trinajstić information content (AvgIpc) is 3.29. The molecule has 2 heterocycles. The van der Waals surface area contributed by atoms with E-state index < -0.39 is 65.4 Å². The molecule has 0 radical (unpaired) electrons. The predicted octanol–water partition coefficient (Wildman–Crippen LogP) is 1.49. The molecular formula is C23H33N5O9S2. The lowest BCUT2D eigenvalue weighted by atomic mass is 9.98. The number of aliphatic carboxylic acids is 1. The van der Waals surface area contributed by atoms with Crippen molar-refractivity contribution in [3.8, 4) is 0 Å². The third-order valence-corrected chi connectivity index (χ3v) is 7.40. The van der Waals surface area contributed by atoms with E-state index in [0.29, 0.717) is 18.5 Å². The van der Waals surface area contributed by atoms with Gasteiger partial charge in [0.05, 0.1) is 22.9 Å². The van der Waals surface area contributed by atoms with Crippen molar-refractivity contribution in [3.63, 3.8) is 0 Å². The summed E-state index contributed by atoms with van der Waals surface area (Å²) >= 11 is 2.20. The quantitative estimate of drug-likeness (QED) is 0.202. The van der Waals surface area contributed by atoms with Gasteiger partial charge < -0.3 is 36.1 Å². The van der Waals surface area contributed by atoms with Gasteiger partial charge in [-0.05, 0) is 27.2 Å². The number of nitrogens with one attached hydrogen (secondary N) is 1. The number of aromatic nitrogens is 1. The molecule has 2 rings (SSSR count). The maximum atomic E-state index is 13.1. The summed E-state index contributed by atoms with van der Waals surface area (Å²) in [7, 11) is 0. The number of carbonyl (C=O) groups excluding carboxylic acids is 4. The molecular weight excluding hydrogens is 554 g/mol. The number of ether oxygens (including phenoxy) is 3. The van der Waals surface area contributed by atoms with Crippen LogP contribution in [0.3, 0.4) is 0 Å². The monoisotopic (exact) mass is 587 g/mol. The van der Waals surface area contributed by atoms with Gasteiger partial charge in [-0.2, -0.15) is 0 Å². The van der Waals surface area contributed by atoms with Gasteiger partial charge in [0.1, 0.15) is 17.7 Å². The first-order valence-electron chi connectivity index (χ1n) is 11.9. The Morgan fingerprint density at radius 3 is 2.44 bits per heavy atom. The molecule has 1 aliphatic rings. The second-order valence-electron chi connectivity index (χ2n) is 9.57. The van der Waals surface area contributed by atoms with Crippen LogP contribution in [-0.4, -0.2) is 76.3 Å². The molecule has 2 amide bonds. The molecule has 0 saturated heterocycles. The van der Waals surface area contributed by atoms with Crippen LogP contribution in [0, 0.1) is 11.3 Å². The van der Waals surface area contributed by atoms with Crippen LogP contribution in [0.25, 0.3) is 0 Å². The Bertz CT molecular complexity index is 1100. The van der Waals surface area contributed by atoms with Gasteiger partial charge in [0, 0.05) is 11.1 Å². The standard InChI is InChI=1S/C23H33N5O9S2/c1-5-6-12(13-9-39-21(24)26-13)16(29)27-15(18(30)31)17-28-14(11(8-38-17)7-35-22(25)34)19(32)36-10-37-20(33)23(2,3)4/h9,11-12,15,17H,5-8,10H2,1-4H3,(H2,24,26)(H2,25,34)(H,27,29)(H,30,31)/t11-,12?,15+,17-/m1/s1. The van der Waals surface area contributed by atoms with Crippen molar-refractivity contribution in [2.75, 3.05) is 24.9 Å². The van der Waals surface area contributed by atoms with E-state index in [1.807, 2.05) is 6.92 Å². The third kappa shape index (κ3) is 9.38. The lowest BCUT2D eigenvalue weighted by molar-refractivity contribution is -0.170. The van der Waals surface area contributed by atoms with Crippen molar-refractivity contribution >= 4 is 63.9 Å². The number of amides is 2. The summed E-state index contributed by atoms with van der Waals surface area (Å²) in [5, 5.41) is 13.2. The van der Waals surface area contributed by atoms with Gasteiger partial charge in [-0.25, -0.2) is 19.4 Å². The molecule has 0 aromatic carbocycles. The van der Waals surface area contributed by atoms with E-state index in [1.165, 1.54) is 11.3 Å². The SMILES string of the molecule is CCCC(C(=O)N[C@H](C(=O)O)[C@@H]1N=C(C(=O)OCOC(=O)C(C)(C)C)[C@H](COC(N)=O)CS1)c1csc(N)n1. The average molecular weight is 588 g/mol. The molecule has 39 heavy (non-hydrogen) atoms. The number of carboxylic acids is 1. The predicted molar refractivity (Wildman–Crippen MR) is 143 cm³/mol. The highest BCUT2D eigenvalue weighted by molar-refractivity contribution is 8.00. The molecule has 1 aromatic heterocycles. The highest BCUT2D eigenvalue weighted by Crippen LogP contribution is 2.29. The number of anilines is 1. The van der Waals surface area contributed by atoms with E-state index in [4.69, 9.17) is 25.7 Å². The molecule has 4 atom stereocenters. The highest BCUT2D eigenvalue weighted by atomic mass is 32.2. The third-order valence-electron chi connectivity index (χ3n) is 5.39. The zero-order valence-electron chi connectivity index (χ0n) is 22.0. The first kappa shape index (κ1) is 31.8. The molecule has 14 nitrogen and oxygen atoms in total. The molecule has 0 saturated carbocycles. The zero-order chi connectivity index (χ0) is 29.3. The molecule has 216 valence electrons. The smallest absolute Gasteiger partial charge is 0.404 e. The van der Waals surface area contributed by atoms with Crippen molar-refractivity contribution in [1.82, 2.24) is 10.3 Å². The first-order valence-corrected chi connectivity index (χ1v) is 13.9. The fourth-order valence-corrected chi connectivity index (χ4v) is 5.24. The molecule has 0 bridgehead atoms. The maximum Gasteiger partial charge on any atom is 0.404 e.